The van der Waals surface area contributed by atoms with Gasteiger partial charge in [0.25, 0.3) is 0 Å². The second-order valence-electron chi connectivity index (χ2n) is 1.30. The lowest BCUT2D eigenvalue weighted by molar-refractivity contribution is 0.441. The van der Waals surface area contributed by atoms with Gasteiger partial charge in [-0.3, -0.25) is 0 Å². The minimum atomic E-state index is 1.60. The molecule has 0 saturated carbocycles. The van der Waals surface area contributed by atoms with Crippen LogP contribution in [0.2, 0.25) is 0 Å². The van der Waals surface area contributed by atoms with Crippen LogP contribution >= 0.6 is 11.8 Å². The standard InChI is InChI=1S/C4H10N2S/c1-6(2)5-4-7-3/h4H,1-3H3. The summed E-state index contributed by atoms with van der Waals surface area (Å²) in [6.45, 7) is 0. The summed E-state index contributed by atoms with van der Waals surface area (Å²) >= 11 is 1.60. The van der Waals surface area contributed by atoms with Crippen molar-refractivity contribution in [3.05, 3.63) is 0 Å². The molecule has 0 aromatic carbocycles. The first-order valence-corrected chi connectivity index (χ1v) is 3.28. The van der Waals surface area contributed by atoms with Crippen LogP contribution in [0.25, 0.3) is 0 Å². The lowest BCUT2D eigenvalue weighted by Crippen LogP contribution is -2.00. The quantitative estimate of drug-likeness (QED) is 0.303. The van der Waals surface area contributed by atoms with E-state index in [4.69, 9.17) is 0 Å². The monoisotopic (exact) mass is 118 g/mol. The van der Waals surface area contributed by atoms with Crippen molar-refractivity contribution in [3.63, 3.8) is 0 Å². The van der Waals surface area contributed by atoms with Gasteiger partial charge in [0.1, 0.15) is 0 Å². The van der Waals surface area contributed by atoms with E-state index in [1.54, 1.807) is 22.3 Å². The molecule has 0 heterocycles. The molecule has 0 aromatic heterocycles. The molecule has 0 aliphatic carbocycles. The number of rotatable bonds is 2. The molecule has 0 amide bonds. The van der Waals surface area contributed by atoms with Gasteiger partial charge in [-0.25, -0.2) is 0 Å². The predicted octanol–water partition coefficient (Wildman–Crippen LogP) is 0.854. The second-order valence-corrected chi connectivity index (χ2v) is 1.99. The van der Waals surface area contributed by atoms with Gasteiger partial charge in [0.2, 0.25) is 0 Å². The zero-order chi connectivity index (χ0) is 5.70. The summed E-state index contributed by atoms with van der Waals surface area (Å²) in [5.41, 5.74) is 1.79. The summed E-state index contributed by atoms with van der Waals surface area (Å²) in [6, 6.07) is 0. The van der Waals surface area contributed by atoms with Crippen LogP contribution in [0.1, 0.15) is 0 Å². The Hall–Kier alpha value is -0.180. The van der Waals surface area contributed by atoms with E-state index in [1.807, 2.05) is 20.4 Å². The fourth-order valence-electron chi connectivity index (χ4n) is 0.141. The molecular formula is C4H10N2S. The largest absolute Gasteiger partial charge is 0.303 e. The van der Waals surface area contributed by atoms with Crippen LogP contribution < -0.4 is 0 Å². The smallest absolute Gasteiger partial charge is 0.0796 e. The molecule has 0 unspecified atom stereocenters. The highest BCUT2D eigenvalue weighted by Crippen LogP contribution is 1.83. The van der Waals surface area contributed by atoms with Gasteiger partial charge < -0.3 is 5.01 Å². The Morgan fingerprint density at radius 3 is 2.29 bits per heavy atom. The van der Waals surface area contributed by atoms with Crippen molar-refractivity contribution in [2.24, 2.45) is 5.10 Å². The zero-order valence-corrected chi connectivity index (χ0v) is 5.70. The van der Waals surface area contributed by atoms with E-state index in [1.165, 1.54) is 0 Å². The molecule has 0 radical (unpaired) electrons. The van der Waals surface area contributed by atoms with Crippen molar-refractivity contribution < 1.29 is 0 Å². The first-order valence-electron chi connectivity index (χ1n) is 2.00. The minimum absolute atomic E-state index is 1.60. The van der Waals surface area contributed by atoms with Crippen molar-refractivity contribution >= 4 is 17.3 Å². The van der Waals surface area contributed by atoms with E-state index in [0.29, 0.717) is 0 Å². The maximum atomic E-state index is 3.91. The van der Waals surface area contributed by atoms with Crippen molar-refractivity contribution in [1.29, 1.82) is 0 Å². The maximum absolute atomic E-state index is 3.91. The Morgan fingerprint density at radius 2 is 2.14 bits per heavy atom. The van der Waals surface area contributed by atoms with Crippen LogP contribution in [-0.2, 0) is 0 Å². The molecule has 0 aliphatic rings. The lowest BCUT2D eigenvalue weighted by atomic mass is 11.2. The number of hydrogen-bond donors (Lipinski definition) is 0. The molecule has 0 spiro atoms. The summed E-state index contributed by atoms with van der Waals surface area (Å²) in [7, 11) is 3.79. The molecule has 2 nitrogen and oxygen atoms in total. The minimum Gasteiger partial charge on any atom is -0.303 e. The van der Waals surface area contributed by atoms with Crippen LogP contribution in [0.5, 0.6) is 0 Å². The van der Waals surface area contributed by atoms with Gasteiger partial charge in [-0.1, -0.05) is 0 Å². The highest BCUT2D eigenvalue weighted by atomic mass is 32.2. The Labute approximate surface area is 48.6 Å². The van der Waals surface area contributed by atoms with Gasteiger partial charge in [0, 0.05) is 14.1 Å². The first kappa shape index (κ1) is 6.82. The van der Waals surface area contributed by atoms with Crippen LogP contribution in [-0.4, -0.2) is 30.9 Å². The van der Waals surface area contributed by atoms with Crippen LogP contribution in [0.4, 0.5) is 0 Å². The van der Waals surface area contributed by atoms with E-state index < -0.39 is 0 Å². The summed E-state index contributed by atoms with van der Waals surface area (Å²) < 4.78 is 0. The number of thioether (sulfide) groups is 1. The van der Waals surface area contributed by atoms with Crippen molar-refractivity contribution in [2.45, 2.75) is 0 Å². The molecule has 0 fully saturated rings. The Kier molecular flexibility index (Phi) is 3.89. The average Bonchev–Trinajstić information content (AvgIpc) is 1.61. The van der Waals surface area contributed by atoms with Gasteiger partial charge in [-0.05, 0) is 6.26 Å². The van der Waals surface area contributed by atoms with E-state index >= 15 is 0 Å². The maximum Gasteiger partial charge on any atom is 0.0796 e. The molecule has 3 heteroatoms. The van der Waals surface area contributed by atoms with Crippen LogP contribution in [0.3, 0.4) is 0 Å². The second kappa shape index (κ2) is 3.99. The molecule has 0 saturated heterocycles. The third-order valence-corrected chi connectivity index (χ3v) is 0.689. The van der Waals surface area contributed by atoms with E-state index in [-0.39, 0.29) is 0 Å². The summed E-state index contributed by atoms with van der Waals surface area (Å²) in [5.74, 6) is 0. The van der Waals surface area contributed by atoms with E-state index in [9.17, 15) is 0 Å². The topological polar surface area (TPSA) is 15.6 Å². The van der Waals surface area contributed by atoms with E-state index in [0.717, 1.165) is 0 Å². The average molecular weight is 118 g/mol. The molecule has 7 heavy (non-hydrogen) atoms. The fourth-order valence-corrected chi connectivity index (χ4v) is 0.424. The molecular weight excluding hydrogens is 108 g/mol. The van der Waals surface area contributed by atoms with Crippen LogP contribution in [0.15, 0.2) is 5.10 Å². The van der Waals surface area contributed by atoms with Crippen molar-refractivity contribution in [2.75, 3.05) is 20.4 Å². The SMILES string of the molecule is CSC=NN(C)C. The summed E-state index contributed by atoms with van der Waals surface area (Å²) in [4.78, 5) is 0. The highest BCUT2D eigenvalue weighted by molar-refractivity contribution is 8.11. The molecule has 0 aliphatic heterocycles. The summed E-state index contributed by atoms with van der Waals surface area (Å²) in [6.07, 6.45) is 1.98. The molecule has 0 atom stereocenters. The highest BCUT2D eigenvalue weighted by Gasteiger charge is 1.70. The molecule has 42 valence electrons. The Morgan fingerprint density at radius 1 is 1.57 bits per heavy atom. The van der Waals surface area contributed by atoms with Gasteiger partial charge in [0.15, 0.2) is 0 Å². The van der Waals surface area contributed by atoms with Gasteiger partial charge in [0.05, 0.1) is 5.55 Å². The molecule has 0 rings (SSSR count). The Balaban J connectivity index is 3.08. The normalized spacial score (nSPS) is 10.1. The number of hydrogen-bond acceptors (Lipinski definition) is 3. The van der Waals surface area contributed by atoms with Crippen molar-refractivity contribution in [3.8, 4) is 0 Å². The predicted molar refractivity (Wildman–Crippen MR) is 35.7 cm³/mol. The third-order valence-electron chi connectivity index (χ3n) is 0.383. The van der Waals surface area contributed by atoms with Gasteiger partial charge in [-0.2, -0.15) is 5.10 Å². The third kappa shape index (κ3) is 5.82. The number of nitrogens with zero attached hydrogens (tertiary/aromatic N) is 2. The van der Waals surface area contributed by atoms with E-state index in [2.05, 4.69) is 5.10 Å². The fraction of sp³-hybridized carbons (Fsp3) is 0.750. The van der Waals surface area contributed by atoms with Crippen molar-refractivity contribution in [1.82, 2.24) is 5.01 Å². The Bertz CT molecular complexity index is 60.7. The van der Waals surface area contributed by atoms with Gasteiger partial charge in [-0.15, -0.1) is 11.8 Å². The molecule has 0 aromatic rings. The first-order chi connectivity index (χ1) is 3.27. The lowest BCUT2D eigenvalue weighted by Gasteiger charge is -1.99. The van der Waals surface area contributed by atoms with Gasteiger partial charge >= 0.3 is 0 Å². The van der Waals surface area contributed by atoms with Crippen LogP contribution in [0, 0.1) is 0 Å². The number of hydrazone groups is 1. The molecule has 0 N–H and O–H groups in total. The zero-order valence-electron chi connectivity index (χ0n) is 4.88. The molecule has 0 bridgehead atoms. The summed E-state index contributed by atoms with van der Waals surface area (Å²) in [5, 5.41) is 5.67.